The van der Waals surface area contributed by atoms with Crippen LogP contribution >= 0.6 is 0 Å². The molecule has 1 aromatic carbocycles. The normalized spacial score (nSPS) is 23.8. The molecule has 0 bridgehead atoms. The average Bonchev–Trinajstić information content (AvgIpc) is 2.74. The van der Waals surface area contributed by atoms with Crippen molar-refractivity contribution in [2.45, 2.75) is 37.0 Å². The third-order valence-corrected chi connectivity index (χ3v) is 8.07. The maximum Gasteiger partial charge on any atom is 0.222 e. The van der Waals surface area contributed by atoms with Crippen LogP contribution in [0.15, 0.2) is 29.2 Å². The number of rotatable bonds is 4. The second-order valence-electron chi connectivity index (χ2n) is 6.24. The summed E-state index contributed by atoms with van der Waals surface area (Å²) >= 11 is 0. The topological polar surface area (TPSA) is 97.4 Å². The van der Waals surface area contributed by atoms with Crippen molar-refractivity contribution in [3.63, 3.8) is 0 Å². The highest BCUT2D eigenvalue weighted by atomic mass is 32.2. The summed E-state index contributed by atoms with van der Waals surface area (Å²) in [5, 5.41) is 1.42. The Morgan fingerprint density at radius 3 is 2.26 bits per heavy atom. The zero-order valence-corrected chi connectivity index (χ0v) is 14.9. The molecule has 1 fully saturated rings. The van der Waals surface area contributed by atoms with Gasteiger partial charge >= 0.3 is 0 Å². The maximum absolute atomic E-state index is 12.8. The molecule has 1 aliphatic heterocycles. The van der Waals surface area contributed by atoms with Gasteiger partial charge in [-0.05, 0) is 19.1 Å². The van der Waals surface area contributed by atoms with Gasteiger partial charge in [0, 0.05) is 5.92 Å². The van der Waals surface area contributed by atoms with E-state index in [1.54, 1.807) is 26.0 Å². The second kappa shape index (κ2) is 6.24. The third-order valence-electron chi connectivity index (χ3n) is 3.90. The highest BCUT2D eigenvalue weighted by Crippen LogP contribution is 2.26. The van der Waals surface area contributed by atoms with E-state index in [-0.39, 0.29) is 22.5 Å². The van der Waals surface area contributed by atoms with Gasteiger partial charge in [0.05, 0.1) is 22.4 Å². The molecule has 0 aliphatic carbocycles. The zero-order valence-electron chi connectivity index (χ0n) is 13.3. The molecule has 0 radical (unpaired) electrons. The Kier molecular flexibility index (Phi) is 4.86. The van der Waals surface area contributed by atoms with Crippen molar-refractivity contribution in [3.8, 4) is 0 Å². The highest BCUT2D eigenvalue weighted by molar-refractivity contribution is 7.96. The second-order valence-corrected chi connectivity index (χ2v) is 10.6. The molecule has 128 valence electrons. The largest absolute Gasteiger partial charge is 0.351 e. The van der Waals surface area contributed by atoms with Crippen molar-refractivity contribution in [2.75, 3.05) is 11.5 Å². The fraction of sp³-hybridized carbons (Fsp3) is 0.533. The van der Waals surface area contributed by atoms with E-state index in [0.717, 1.165) is 5.56 Å². The van der Waals surface area contributed by atoms with Crippen molar-refractivity contribution in [2.24, 2.45) is 5.92 Å². The zero-order chi connectivity index (χ0) is 17.4. The number of aryl methyl sites for hydroxylation is 1. The minimum Gasteiger partial charge on any atom is -0.351 e. The fourth-order valence-electron chi connectivity index (χ4n) is 2.51. The van der Waals surface area contributed by atoms with Crippen molar-refractivity contribution in [3.05, 3.63) is 29.8 Å². The molecule has 1 aromatic rings. The number of nitrogens with one attached hydrogen (secondary N) is 1. The average molecular weight is 359 g/mol. The molecule has 6 nitrogen and oxygen atoms in total. The molecule has 0 unspecified atom stereocenters. The lowest BCUT2D eigenvalue weighted by molar-refractivity contribution is -0.124. The minimum atomic E-state index is -3.84. The van der Waals surface area contributed by atoms with Crippen LogP contribution in [0, 0.1) is 12.8 Å². The Morgan fingerprint density at radius 2 is 1.74 bits per heavy atom. The van der Waals surface area contributed by atoms with Crippen LogP contribution in [0.4, 0.5) is 0 Å². The molecular formula is C15H21NO5S2. The maximum atomic E-state index is 12.8. The highest BCUT2D eigenvalue weighted by Gasteiger charge is 2.46. The van der Waals surface area contributed by atoms with Crippen LogP contribution in [0.5, 0.6) is 0 Å². The van der Waals surface area contributed by atoms with Crippen molar-refractivity contribution in [1.82, 2.24) is 5.32 Å². The summed E-state index contributed by atoms with van der Waals surface area (Å²) in [5.41, 5.74) is 0.910. The number of sulfone groups is 2. The molecule has 2 atom stereocenters. The first-order chi connectivity index (χ1) is 10.5. The van der Waals surface area contributed by atoms with Crippen molar-refractivity contribution < 1.29 is 21.6 Å². The van der Waals surface area contributed by atoms with E-state index in [1.807, 2.05) is 6.92 Å². The van der Waals surface area contributed by atoms with E-state index in [0.29, 0.717) is 0 Å². The Morgan fingerprint density at radius 1 is 1.17 bits per heavy atom. The fourth-order valence-corrected chi connectivity index (χ4v) is 7.16. The van der Waals surface area contributed by atoms with Crippen LogP contribution in [0.3, 0.4) is 0 Å². The number of carbonyl (C=O) groups is 1. The van der Waals surface area contributed by atoms with Crippen LogP contribution in [0.2, 0.25) is 0 Å². The van der Waals surface area contributed by atoms with Gasteiger partial charge in [0.15, 0.2) is 19.7 Å². The van der Waals surface area contributed by atoms with Gasteiger partial charge in [-0.15, -0.1) is 0 Å². The smallest absolute Gasteiger partial charge is 0.222 e. The van der Waals surface area contributed by atoms with Crippen molar-refractivity contribution >= 4 is 25.6 Å². The molecule has 1 amide bonds. The molecule has 0 spiro atoms. The quantitative estimate of drug-likeness (QED) is 0.854. The molecule has 0 saturated carbocycles. The van der Waals surface area contributed by atoms with Crippen LogP contribution in [-0.2, 0) is 24.5 Å². The first kappa shape index (κ1) is 17.9. The third kappa shape index (κ3) is 3.92. The number of hydrogen-bond donors (Lipinski definition) is 1. The van der Waals surface area contributed by atoms with Gasteiger partial charge in [0.25, 0.3) is 0 Å². The molecule has 0 aromatic heterocycles. The van der Waals surface area contributed by atoms with Gasteiger partial charge in [-0.1, -0.05) is 31.5 Å². The van der Waals surface area contributed by atoms with E-state index < -0.39 is 36.7 Å². The lowest BCUT2D eigenvalue weighted by atomic mass is 10.2. The SMILES string of the molecule is Cc1ccc(S(=O)(=O)[C@H]2CS(=O)(=O)C[C@H]2NC(=O)C(C)C)cc1. The van der Waals surface area contributed by atoms with E-state index >= 15 is 0 Å². The lowest BCUT2D eigenvalue weighted by Gasteiger charge is -2.21. The summed E-state index contributed by atoms with van der Waals surface area (Å²) in [5.74, 6) is -1.51. The summed E-state index contributed by atoms with van der Waals surface area (Å²) in [6, 6.07) is 5.35. The molecular weight excluding hydrogens is 338 g/mol. The van der Waals surface area contributed by atoms with Gasteiger partial charge < -0.3 is 5.32 Å². The number of amides is 1. The molecule has 1 N–H and O–H groups in total. The van der Waals surface area contributed by atoms with E-state index in [4.69, 9.17) is 0 Å². The minimum absolute atomic E-state index is 0.0778. The predicted molar refractivity (Wildman–Crippen MR) is 87.6 cm³/mol. The van der Waals surface area contributed by atoms with Crippen LogP contribution in [0.25, 0.3) is 0 Å². The summed E-state index contributed by atoms with van der Waals surface area (Å²) in [6.07, 6.45) is 0. The Balaban J connectivity index is 2.37. The van der Waals surface area contributed by atoms with Gasteiger partial charge in [-0.3, -0.25) is 4.79 Å². The Hall–Kier alpha value is -1.41. The first-order valence-electron chi connectivity index (χ1n) is 7.34. The Labute approximate surface area is 137 Å². The summed E-state index contributed by atoms with van der Waals surface area (Å²) in [7, 11) is -7.35. The molecule has 23 heavy (non-hydrogen) atoms. The number of hydrogen-bond acceptors (Lipinski definition) is 5. The summed E-state index contributed by atoms with van der Waals surface area (Å²) in [4.78, 5) is 11.9. The predicted octanol–water partition coefficient (Wildman–Crippen LogP) is 0.707. The van der Waals surface area contributed by atoms with Gasteiger partial charge in [0.1, 0.15) is 5.25 Å². The van der Waals surface area contributed by atoms with Crippen LogP contribution in [-0.4, -0.2) is 45.5 Å². The van der Waals surface area contributed by atoms with Crippen LogP contribution < -0.4 is 5.32 Å². The summed E-state index contributed by atoms with van der Waals surface area (Å²) in [6.45, 7) is 5.17. The standard InChI is InChI=1S/C15H21NO5S2/c1-10(2)15(17)16-13-8-22(18,19)9-14(13)23(20,21)12-6-4-11(3)5-7-12/h4-7,10,13-14H,8-9H2,1-3H3,(H,16,17)/t13-,14+/m1/s1. The molecule has 2 rings (SSSR count). The molecule has 1 saturated heterocycles. The molecule has 1 aliphatic rings. The molecule has 1 heterocycles. The van der Waals surface area contributed by atoms with Gasteiger partial charge in [-0.2, -0.15) is 0 Å². The monoisotopic (exact) mass is 359 g/mol. The van der Waals surface area contributed by atoms with Crippen LogP contribution in [0.1, 0.15) is 19.4 Å². The Bertz CT molecular complexity index is 795. The van der Waals surface area contributed by atoms with Crippen molar-refractivity contribution in [1.29, 1.82) is 0 Å². The summed E-state index contributed by atoms with van der Waals surface area (Å²) < 4.78 is 49.4. The molecule has 8 heteroatoms. The first-order valence-corrected chi connectivity index (χ1v) is 10.7. The van der Waals surface area contributed by atoms with E-state index in [1.165, 1.54) is 12.1 Å². The number of benzene rings is 1. The van der Waals surface area contributed by atoms with Gasteiger partial charge in [0.2, 0.25) is 5.91 Å². The van der Waals surface area contributed by atoms with E-state index in [2.05, 4.69) is 5.32 Å². The van der Waals surface area contributed by atoms with E-state index in [9.17, 15) is 21.6 Å². The lowest BCUT2D eigenvalue weighted by Crippen LogP contribution is -2.47. The number of carbonyl (C=O) groups excluding carboxylic acids is 1. The van der Waals surface area contributed by atoms with Gasteiger partial charge in [-0.25, -0.2) is 16.8 Å².